The van der Waals surface area contributed by atoms with Crippen molar-refractivity contribution in [2.24, 2.45) is 0 Å². The van der Waals surface area contributed by atoms with E-state index in [0.717, 1.165) is 22.3 Å². The summed E-state index contributed by atoms with van der Waals surface area (Å²) in [4.78, 5) is 15.7. The lowest BCUT2D eigenvalue weighted by Crippen LogP contribution is -2.12. The number of halogens is 1. The molecule has 0 saturated heterocycles. The average molecular weight is 374 g/mol. The monoisotopic (exact) mass is 374 g/mol. The summed E-state index contributed by atoms with van der Waals surface area (Å²) >= 11 is 0. The molecule has 0 aliphatic heterocycles. The number of aliphatic hydroxyl groups excluding tert-OH is 1. The van der Waals surface area contributed by atoms with Gasteiger partial charge in [-0.05, 0) is 53.4 Å². The molecule has 1 aromatic heterocycles. The first-order chi connectivity index (χ1) is 13.5. The number of aromatic nitrogens is 1. The number of aryl methyl sites for hydroxylation is 1. The molecule has 0 aliphatic rings. The second-order valence-electron chi connectivity index (χ2n) is 6.73. The maximum Gasteiger partial charge on any atom is 0.272 e. The first kappa shape index (κ1) is 17.9. The van der Waals surface area contributed by atoms with Crippen LogP contribution in [0.25, 0.3) is 22.0 Å². The van der Waals surface area contributed by atoms with Crippen molar-refractivity contribution in [3.63, 3.8) is 0 Å². The number of nitrogens with one attached hydrogen (secondary N) is 2. The largest absolute Gasteiger partial charge is 0.392 e. The first-order valence-corrected chi connectivity index (χ1v) is 8.94. The molecule has 0 bridgehead atoms. The van der Waals surface area contributed by atoms with Crippen LogP contribution in [-0.2, 0) is 6.61 Å². The number of benzene rings is 3. The fourth-order valence-corrected chi connectivity index (χ4v) is 3.23. The van der Waals surface area contributed by atoms with Crippen molar-refractivity contribution >= 4 is 22.5 Å². The number of carbonyl (C=O) groups is 1. The Morgan fingerprint density at radius 1 is 1.04 bits per heavy atom. The molecule has 4 rings (SSSR count). The summed E-state index contributed by atoms with van der Waals surface area (Å²) in [5, 5.41) is 12.4. The van der Waals surface area contributed by atoms with E-state index < -0.39 is 0 Å². The third kappa shape index (κ3) is 3.40. The lowest BCUT2D eigenvalue weighted by Gasteiger charge is -2.08. The Bertz CT molecular complexity index is 1120. The third-order valence-corrected chi connectivity index (χ3v) is 4.78. The van der Waals surface area contributed by atoms with Gasteiger partial charge in [0, 0.05) is 11.1 Å². The maximum atomic E-state index is 14.0. The predicted octanol–water partition coefficient (Wildman–Crippen LogP) is 5.03. The van der Waals surface area contributed by atoms with Crippen LogP contribution in [0.1, 0.15) is 21.6 Å². The molecule has 0 atom stereocenters. The summed E-state index contributed by atoms with van der Waals surface area (Å²) in [5.41, 5.74) is 5.23. The van der Waals surface area contributed by atoms with Crippen molar-refractivity contribution in [1.29, 1.82) is 0 Å². The van der Waals surface area contributed by atoms with Crippen molar-refractivity contribution in [2.75, 3.05) is 5.32 Å². The molecule has 0 radical (unpaired) electrons. The molecule has 1 heterocycles. The standard InChI is InChI=1S/C23H19FN2O2/c1-14-5-10-20(24)19-12-21(26-22(14)19)23(28)25-18-4-2-3-17(11-18)16-8-6-15(13-27)7-9-16/h2-12,26-27H,13H2,1H3,(H,25,28). The van der Waals surface area contributed by atoms with Crippen LogP contribution >= 0.6 is 0 Å². The normalized spacial score (nSPS) is 11.0. The van der Waals surface area contributed by atoms with Crippen molar-refractivity contribution in [3.05, 3.63) is 89.4 Å². The molecule has 5 heteroatoms. The minimum Gasteiger partial charge on any atom is -0.392 e. The van der Waals surface area contributed by atoms with Crippen molar-refractivity contribution in [2.45, 2.75) is 13.5 Å². The molecule has 0 fully saturated rings. The third-order valence-electron chi connectivity index (χ3n) is 4.78. The first-order valence-electron chi connectivity index (χ1n) is 8.94. The number of H-pyrrole nitrogens is 1. The molecule has 28 heavy (non-hydrogen) atoms. The zero-order valence-corrected chi connectivity index (χ0v) is 15.3. The topological polar surface area (TPSA) is 65.1 Å². The minimum absolute atomic E-state index is 0.000939. The molecule has 3 N–H and O–H groups in total. The van der Waals surface area contributed by atoms with Crippen LogP contribution in [0.3, 0.4) is 0 Å². The SMILES string of the molecule is Cc1ccc(F)c2cc(C(=O)Nc3cccc(-c4ccc(CO)cc4)c3)[nH]c12. The van der Waals surface area contributed by atoms with E-state index in [1.54, 1.807) is 12.1 Å². The van der Waals surface area contributed by atoms with Gasteiger partial charge in [0.1, 0.15) is 11.5 Å². The molecule has 1 amide bonds. The number of anilines is 1. The van der Waals surface area contributed by atoms with Crippen LogP contribution in [0, 0.1) is 12.7 Å². The van der Waals surface area contributed by atoms with E-state index in [2.05, 4.69) is 10.3 Å². The van der Waals surface area contributed by atoms with E-state index in [0.29, 0.717) is 22.3 Å². The van der Waals surface area contributed by atoms with Crippen LogP contribution in [0.15, 0.2) is 66.7 Å². The van der Waals surface area contributed by atoms with Gasteiger partial charge in [-0.15, -0.1) is 0 Å². The molecule has 0 unspecified atom stereocenters. The smallest absolute Gasteiger partial charge is 0.272 e. The number of aliphatic hydroxyl groups is 1. The van der Waals surface area contributed by atoms with E-state index in [9.17, 15) is 9.18 Å². The van der Waals surface area contributed by atoms with Crippen LogP contribution in [0.2, 0.25) is 0 Å². The van der Waals surface area contributed by atoms with E-state index in [1.165, 1.54) is 12.1 Å². The quantitative estimate of drug-likeness (QED) is 0.469. The van der Waals surface area contributed by atoms with E-state index in [-0.39, 0.29) is 18.3 Å². The highest BCUT2D eigenvalue weighted by Crippen LogP contribution is 2.25. The Labute approximate surface area is 161 Å². The number of hydrogen-bond acceptors (Lipinski definition) is 2. The Kier molecular flexibility index (Phi) is 4.67. The number of fused-ring (bicyclic) bond motifs is 1. The van der Waals surface area contributed by atoms with Crippen LogP contribution in [0.5, 0.6) is 0 Å². The summed E-state index contributed by atoms with van der Waals surface area (Å²) in [6, 6.07) is 19.7. The molecule has 140 valence electrons. The molecule has 3 aromatic carbocycles. The van der Waals surface area contributed by atoms with Crippen molar-refractivity contribution in [1.82, 2.24) is 4.98 Å². The van der Waals surface area contributed by atoms with Crippen LogP contribution < -0.4 is 5.32 Å². The van der Waals surface area contributed by atoms with Gasteiger partial charge in [0.15, 0.2) is 0 Å². The fraction of sp³-hybridized carbons (Fsp3) is 0.0870. The van der Waals surface area contributed by atoms with Gasteiger partial charge < -0.3 is 15.4 Å². The summed E-state index contributed by atoms with van der Waals surface area (Å²) in [7, 11) is 0. The van der Waals surface area contributed by atoms with E-state index in [4.69, 9.17) is 5.11 Å². The maximum absolute atomic E-state index is 14.0. The van der Waals surface area contributed by atoms with Gasteiger partial charge in [-0.1, -0.05) is 42.5 Å². The summed E-state index contributed by atoms with van der Waals surface area (Å²) in [5.74, 6) is -0.688. The molecular weight excluding hydrogens is 355 g/mol. The van der Waals surface area contributed by atoms with Gasteiger partial charge in [-0.25, -0.2) is 4.39 Å². The highest BCUT2D eigenvalue weighted by atomic mass is 19.1. The molecule has 0 spiro atoms. The summed E-state index contributed by atoms with van der Waals surface area (Å²) < 4.78 is 14.0. The summed E-state index contributed by atoms with van der Waals surface area (Å²) in [6.07, 6.45) is 0. The second kappa shape index (κ2) is 7.29. The van der Waals surface area contributed by atoms with Crippen LogP contribution in [0.4, 0.5) is 10.1 Å². The molecule has 0 aliphatic carbocycles. The predicted molar refractivity (Wildman–Crippen MR) is 109 cm³/mol. The number of amides is 1. The minimum atomic E-state index is -0.357. The zero-order chi connectivity index (χ0) is 19.7. The number of aromatic amines is 1. The Balaban J connectivity index is 1.60. The van der Waals surface area contributed by atoms with E-state index >= 15 is 0 Å². The van der Waals surface area contributed by atoms with Gasteiger partial charge in [-0.2, -0.15) is 0 Å². The highest BCUT2D eigenvalue weighted by Gasteiger charge is 2.14. The summed E-state index contributed by atoms with van der Waals surface area (Å²) in [6.45, 7) is 1.87. The Morgan fingerprint density at radius 3 is 2.54 bits per heavy atom. The van der Waals surface area contributed by atoms with Gasteiger partial charge in [0.25, 0.3) is 5.91 Å². The van der Waals surface area contributed by atoms with Gasteiger partial charge in [-0.3, -0.25) is 4.79 Å². The van der Waals surface area contributed by atoms with Crippen molar-refractivity contribution < 1.29 is 14.3 Å². The van der Waals surface area contributed by atoms with Gasteiger partial charge in [0.2, 0.25) is 0 Å². The van der Waals surface area contributed by atoms with Crippen molar-refractivity contribution in [3.8, 4) is 11.1 Å². The molecule has 4 aromatic rings. The Hall–Kier alpha value is -3.44. The molecular formula is C23H19FN2O2. The molecule has 4 nitrogen and oxygen atoms in total. The number of rotatable bonds is 4. The lowest BCUT2D eigenvalue weighted by atomic mass is 10.0. The van der Waals surface area contributed by atoms with E-state index in [1.807, 2.05) is 49.4 Å². The molecule has 0 saturated carbocycles. The lowest BCUT2D eigenvalue weighted by molar-refractivity contribution is 0.102. The van der Waals surface area contributed by atoms with Gasteiger partial charge >= 0.3 is 0 Å². The zero-order valence-electron chi connectivity index (χ0n) is 15.3. The Morgan fingerprint density at radius 2 is 1.82 bits per heavy atom. The van der Waals surface area contributed by atoms with Crippen LogP contribution in [-0.4, -0.2) is 16.0 Å². The number of carbonyl (C=O) groups excluding carboxylic acids is 1. The van der Waals surface area contributed by atoms with Gasteiger partial charge in [0.05, 0.1) is 12.1 Å². The highest BCUT2D eigenvalue weighted by molar-refractivity contribution is 6.06. The second-order valence-corrected chi connectivity index (χ2v) is 6.73. The average Bonchev–Trinajstić information content (AvgIpc) is 3.18. The fourth-order valence-electron chi connectivity index (χ4n) is 3.23. The number of hydrogen-bond donors (Lipinski definition) is 3.